The molecule has 0 bridgehead atoms. The zero-order valence-electron chi connectivity index (χ0n) is 23.1. The van der Waals surface area contributed by atoms with E-state index >= 15 is 0 Å². The van der Waals surface area contributed by atoms with Crippen LogP contribution in [0.25, 0.3) is 0 Å². The third kappa shape index (κ3) is 8.98. The van der Waals surface area contributed by atoms with Crippen LogP contribution in [0.15, 0.2) is 48.5 Å². The molecule has 2 rings (SSSR count). The number of ether oxygens (including phenoxy) is 1. The van der Waals surface area contributed by atoms with Crippen molar-refractivity contribution in [3.8, 4) is 12.5 Å². The van der Waals surface area contributed by atoms with Gasteiger partial charge in [0.2, 0.25) is 5.91 Å². The van der Waals surface area contributed by atoms with Crippen molar-refractivity contribution in [3.05, 3.63) is 70.8 Å². The highest BCUT2D eigenvalue weighted by atomic mass is 16.6. The van der Waals surface area contributed by atoms with Crippen LogP contribution in [0.3, 0.4) is 0 Å². The van der Waals surface area contributed by atoms with Crippen LogP contribution in [0.4, 0.5) is 4.79 Å². The number of nitrogens with zero attached hydrogens (tertiary/aromatic N) is 1. The maximum absolute atomic E-state index is 14.0. The fourth-order valence-electron chi connectivity index (χ4n) is 3.82. The molecule has 0 fully saturated rings. The lowest BCUT2D eigenvalue weighted by atomic mass is 9.95. The van der Waals surface area contributed by atoms with Crippen molar-refractivity contribution in [2.45, 2.75) is 85.0 Å². The average Bonchev–Trinajstić information content (AvgIpc) is 2.76. The Labute approximate surface area is 221 Å². The number of alkyl carbamates (subject to hydrolysis) is 1. The summed E-state index contributed by atoms with van der Waals surface area (Å²) < 4.78 is 5.41. The predicted molar refractivity (Wildman–Crippen MR) is 146 cm³/mol. The first kappa shape index (κ1) is 29.4. The van der Waals surface area contributed by atoms with E-state index in [0.717, 1.165) is 21.6 Å². The molecule has 7 nitrogen and oxygen atoms in total. The van der Waals surface area contributed by atoms with Crippen molar-refractivity contribution in [2.75, 3.05) is 0 Å². The molecule has 7 heteroatoms. The molecule has 198 valence electrons. The van der Waals surface area contributed by atoms with E-state index in [-0.39, 0.29) is 6.42 Å². The minimum Gasteiger partial charge on any atom is -0.444 e. The summed E-state index contributed by atoms with van der Waals surface area (Å²) in [6.45, 7) is 14.6. The van der Waals surface area contributed by atoms with E-state index in [1.807, 2.05) is 83.1 Å². The van der Waals surface area contributed by atoms with Crippen molar-refractivity contribution in [1.29, 1.82) is 0 Å². The first-order chi connectivity index (χ1) is 17.1. The number of rotatable bonds is 7. The number of aryl methyl sites for hydroxylation is 2. The number of carbonyl (C=O) groups is 3. The lowest BCUT2D eigenvalue weighted by Crippen LogP contribution is -2.54. The smallest absolute Gasteiger partial charge is 0.408 e. The topological polar surface area (TPSA) is 87.7 Å². The maximum Gasteiger partial charge on any atom is 0.408 e. The fraction of sp³-hybridized carbons (Fsp3) is 0.433. The van der Waals surface area contributed by atoms with Gasteiger partial charge in [-0.2, -0.15) is 0 Å². The van der Waals surface area contributed by atoms with Gasteiger partial charge in [-0.1, -0.05) is 60.5 Å². The average molecular weight is 506 g/mol. The van der Waals surface area contributed by atoms with Crippen LogP contribution in [0, 0.1) is 26.3 Å². The summed E-state index contributed by atoms with van der Waals surface area (Å²) in [7, 11) is 0. The van der Waals surface area contributed by atoms with Gasteiger partial charge in [0, 0.05) is 18.0 Å². The molecule has 2 unspecified atom stereocenters. The first-order valence-electron chi connectivity index (χ1n) is 12.3. The van der Waals surface area contributed by atoms with Gasteiger partial charge in [0.1, 0.15) is 17.7 Å². The van der Waals surface area contributed by atoms with Crippen LogP contribution in [-0.2, 0) is 20.7 Å². The fourth-order valence-corrected chi connectivity index (χ4v) is 3.82. The van der Waals surface area contributed by atoms with Crippen LogP contribution < -0.4 is 10.6 Å². The van der Waals surface area contributed by atoms with Gasteiger partial charge in [0.05, 0.1) is 0 Å². The number of benzene rings is 2. The third-order valence-corrected chi connectivity index (χ3v) is 5.38. The Bertz CT molecular complexity index is 1150. The number of terminal acetylenes is 1. The Morgan fingerprint density at radius 2 is 1.62 bits per heavy atom. The number of amides is 3. The molecule has 0 aliphatic carbocycles. The number of hydrogen-bond acceptors (Lipinski definition) is 4. The van der Waals surface area contributed by atoms with Crippen molar-refractivity contribution < 1.29 is 19.1 Å². The zero-order valence-corrected chi connectivity index (χ0v) is 23.1. The molecule has 0 radical (unpaired) electrons. The lowest BCUT2D eigenvalue weighted by molar-refractivity contribution is -0.139. The summed E-state index contributed by atoms with van der Waals surface area (Å²) >= 11 is 0. The highest BCUT2D eigenvalue weighted by Gasteiger charge is 2.37. The Morgan fingerprint density at radius 3 is 2.16 bits per heavy atom. The molecule has 0 saturated carbocycles. The van der Waals surface area contributed by atoms with Gasteiger partial charge >= 0.3 is 6.09 Å². The molecule has 2 atom stereocenters. The predicted octanol–water partition coefficient (Wildman–Crippen LogP) is 4.81. The molecule has 2 aromatic rings. The molecule has 0 aromatic heterocycles. The van der Waals surface area contributed by atoms with E-state index in [0.29, 0.717) is 5.56 Å². The summed E-state index contributed by atoms with van der Waals surface area (Å²) in [5.74, 6) is -1.00. The molecule has 0 heterocycles. The Kier molecular flexibility index (Phi) is 9.52. The van der Waals surface area contributed by atoms with E-state index in [4.69, 9.17) is 11.2 Å². The Hall–Kier alpha value is -3.79. The summed E-state index contributed by atoms with van der Waals surface area (Å²) in [6, 6.07) is 15.2. The minimum absolute atomic E-state index is 0.164. The van der Waals surface area contributed by atoms with E-state index < -0.39 is 41.1 Å². The maximum atomic E-state index is 14.0. The normalized spacial score (nSPS) is 13.1. The van der Waals surface area contributed by atoms with Crippen molar-refractivity contribution in [3.63, 3.8) is 0 Å². The summed E-state index contributed by atoms with van der Waals surface area (Å²) in [5.41, 5.74) is 1.84. The third-order valence-electron chi connectivity index (χ3n) is 5.38. The van der Waals surface area contributed by atoms with Gasteiger partial charge in [0.15, 0.2) is 0 Å². The van der Waals surface area contributed by atoms with Crippen molar-refractivity contribution in [1.82, 2.24) is 15.5 Å². The second-order valence-electron chi connectivity index (χ2n) is 11.2. The highest BCUT2D eigenvalue weighted by Crippen LogP contribution is 2.27. The van der Waals surface area contributed by atoms with Crippen LogP contribution in [-0.4, -0.2) is 40.0 Å². The molecule has 0 saturated heterocycles. The first-order valence-corrected chi connectivity index (χ1v) is 12.3. The second kappa shape index (κ2) is 12.0. The lowest BCUT2D eigenvalue weighted by Gasteiger charge is -2.33. The summed E-state index contributed by atoms with van der Waals surface area (Å²) in [5, 5.41) is 5.63. The van der Waals surface area contributed by atoms with Gasteiger partial charge < -0.3 is 15.4 Å². The monoisotopic (exact) mass is 505 g/mol. The van der Waals surface area contributed by atoms with E-state index in [1.54, 1.807) is 20.8 Å². The van der Waals surface area contributed by atoms with Crippen LogP contribution in [0.1, 0.15) is 69.8 Å². The van der Waals surface area contributed by atoms with Crippen molar-refractivity contribution >= 4 is 17.9 Å². The number of nitrogens with one attached hydrogen (secondary N) is 2. The molecule has 3 amide bonds. The van der Waals surface area contributed by atoms with Gasteiger partial charge in [-0.25, -0.2) is 4.79 Å². The second-order valence-corrected chi connectivity index (χ2v) is 11.2. The molecule has 0 spiro atoms. The van der Waals surface area contributed by atoms with Crippen molar-refractivity contribution in [2.24, 2.45) is 0 Å². The van der Waals surface area contributed by atoms with E-state index in [2.05, 4.69) is 16.7 Å². The number of carbonyl (C=O) groups excluding carboxylic acids is 3. The Morgan fingerprint density at radius 1 is 1.00 bits per heavy atom. The largest absolute Gasteiger partial charge is 0.444 e. The summed E-state index contributed by atoms with van der Waals surface area (Å²) in [6.07, 6.45) is 5.31. The molecular weight excluding hydrogens is 466 g/mol. The molecular formula is C30H39N3O4. The van der Waals surface area contributed by atoms with Gasteiger partial charge in [-0.15, -0.1) is 0 Å². The van der Waals surface area contributed by atoms with Crippen LogP contribution in [0.5, 0.6) is 0 Å². The SMILES string of the molecule is C#CN(C(=O)C(Cc1ccccc1)NC(=O)OC(C)(C)C)C(C(=O)NC(C)(C)C)c1cc(C)ccc1C. The minimum atomic E-state index is -1.10. The molecule has 2 aromatic carbocycles. The highest BCUT2D eigenvalue weighted by molar-refractivity contribution is 5.93. The summed E-state index contributed by atoms with van der Waals surface area (Å²) in [4.78, 5) is 41.4. The van der Waals surface area contributed by atoms with Crippen LogP contribution >= 0.6 is 0 Å². The van der Waals surface area contributed by atoms with E-state index in [9.17, 15) is 14.4 Å². The quantitative estimate of drug-likeness (QED) is 0.417. The van der Waals surface area contributed by atoms with Gasteiger partial charge in [-0.3, -0.25) is 14.5 Å². The van der Waals surface area contributed by atoms with E-state index in [1.165, 1.54) is 0 Å². The van der Waals surface area contributed by atoms with Gasteiger partial charge in [0.25, 0.3) is 5.91 Å². The standard InChI is InChI=1S/C30H39N3O4/c1-10-33(25(26(34)32-29(4,5)6)23-18-20(2)16-17-21(23)3)27(35)24(19-22-14-12-11-13-15-22)31-28(36)37-30(7,8)9/h1,11-18,24-25H,19H2,2-9H3,(H,31,36)(H,32,34). The van der Waals surface area contributed by atoms with Crippen LogP contribution in [0.2, 0.25) is 0 Å². The molecule has 0 aliphatic heterocycles. The number of hydrogen-bond donors (Lipinski definition) is 2. The Balaban J connectivity index is 2.55. The van der Waals surface area contributed by atoms with Gasteiger partial charge in [-0.05, 0) is 72.1 Å². The zero-order chi connectivity index (χ0) is 28.0. The molecule has 2 N–H and O–H groups in total. The molecule has 37 heavy (non-hydrogen) atoms. The molecule has 0 aliphatic rings.